The summed E-state index contributed by atoms with van der Waals surface area (Å²) in [6, 6.07) is 0. The number of ether oxygens (including phenoxy) is 1. The first-order chi connectivity index (χ1) is 4.22. The van der Waals surface area contributed by atoms with E-state index in [4.69, 9.17) is 11.5 Å². The quantitative estimate of drug-likeness (QED) is 0.404. The third kappa shape index (κ3) is 2.73. The van der Waals surface area contributed by atoms with Crippen LogP contribution < -0.4 is 0 Å². The molecule has 0 saturated heterocycles. The zero-order valence-electron chi connectivity index (χ0n) is 5.13. The molecular weight excluding hydrogens is 120 g/mol. The summed E-state index contributed by atoms with van der Waals surface area (Å²) in [6.07, 6.45) is 3.29. The van der Waals surface area contributed by atoms with Crippen molar-refractivity contribution >= 4 is 5.97 Å². The predicted molar refractivity (Wildman–Crippen MR) is 31.5 cm³/mol. The minimum absolute atomic E-state index is 0.234. The second kappa shape index (κ2) is 3.93. The minimum Gasteiger partial charge on any atom is -0.463 e. The van der Waals surface area contributed by atoms with Crippen molar-refractivity contribution in [2.24, 2.45) is 0 Å². The van der Waals surface area contributed by atoms with E-state index in [0.717, 1.165) is 0 Å². The van der Waals surface area contributed by atoms with Gasteiger partial charge in [0.25, 0.3) is 0 Å². The SMILES string of the molecule is C#C[C@H](O)C(=O)OCC. The van der Waals surface area contributed by atoms with Crippen molar-refractivity contribution in [2.75, 3.05) is 6.61 Å². The van der Waals surface area contributed by atoms with Crippen LogP contribution in [0.15, 0.2) is 0 Å². The first-order valence-electron chi connectivity index (χ1n) is 2.53. The molecule has 3 heteroatoms. The lowest BCUT2D eigenvalue weighted by atomic mass is 10.4. The zero-order chi connectivity index (χ0) is 7.28. The van der Waals surface area contributed by atoms with Gasteiger partial charge in [-0.1, -0.05) is 5.92 Å². The van der Waals surface area contributed by atoms with Crippen LogP contribution in [0.25, 0.3) is 0 Å². The summed E-state index contributed by atoms with van der Waals surface area (Å²) in [7, 11) is 0. The van der Waals surface area contributed by atoms with E-state index < -0.39 is 12.1 Å². The Balaban J connectivity index is 3.63. The molecule has 1 N–H and O–H groups in total. The van der Waals surface area contributed by atoms with E-state index in [2.05, 4.69) is 4.74 Å². The van der Waals surface area contributed by atoms with Crippen molar-refractivity contribution < 1.29 is 14.6 Å². The fourth-order valence-corrected chi connectivity index (χ4v) is 0.289. The van der Waals surface area contributed by atoms with Crippen molar-refractivity contribution in [1.29, 1.82) is 0 Å². The number of hydrogen-bond donors (Lipinski definition) is 1. The molecule has 0 radical (unpaired) electrons. The average molecular weight is 128 g/mol. The molecule has 9 heavy (non-hydrogen) atoms. The van der Waals surface area contributed by atoms with Gasteiger partial charge in [0.1, 0.15) is 0 Å². The number of esters is 1. The summed E-state index contributed by atoms with van der Waals surface area (Å²) in [6.45, 7) is 1.87. The summed E-state index contributed by atoms with van der Waals surface area (Å²) in [5.74, 6) is 1.07. The summed E-state index contributed by atoms with van der Waals surface area (Å²) >= 11 is 0. The summed E-state index contributed by atoms with van der Waals surface area (Å²) in [5, 5.41) is 8.55. The largest absolute Gasteiger partial charge is 0.463 e. The van der Waals surface area contributed by atoms with Crippen LogP contribution in [-0.4, -0.2) is 23.8 Å². The lowest BCUT2D eigenvalue weighted by molar-refractivity contribution is -0.149. The molecule has 0 aliphatic carbocycles. The van der Waals surface area contributed by atoms with E-state index in [9.17, 15) is 4.79 Å². The van der Waals surface area contributed by atoms with Gasteiger partial charge in [-0.05, 0) is 6.92 Å². The third-order valence-corrected chi connectivity index (χ3v) is 0.668. The molecule has 0 unspecified atom stereocenters. The highest BCUT2D eigenvalue weighted by molar-refractivity contribution is 5.77. The van der Waals surface area contributed by atoms with Gasteiger partial charge >= 0.3 is 5.97 Å². The highest BCUT2D eigenvalue weighted by Gasteiger charge is 2.10. The molecule has 0 bridgehead atoms. The van der Waals surface area contributed by atoms with Crippen LogP contribution in [0.4, 0.5) is 0 Å². The van der Waals surface area contributed by atoms with Crippen LogP contribution in [-0.2, 0) is 9.53 Å². The first kappa shape index (κ1) is 7.99. The zero-order valence-corrected chi connectivity index (χ0v) is 5.13. The Bertz CT molecular complexity index is 134. The summed E-state index contributed by atoms with van der Waals surface area (Å²) < 4.78 is 4.36. The topological polar surface area (TPSA) is 46.5 Å². The lowest BCUT2D eigenvalue weighted by Crippen LogP contribution is -2.20. The van der Waals surface area contributed by atoms with Crippen LogP contribution in [0.3, 0.4) is 0 Å². The summed E-state index contributed by atoms with van der Waals surface area (Å²) in [4.78, 5) is 10.4. The molecule has 0 heterocycles. The molecule has 0 spiro atoms. The summed E-state index contributed by atoms with van der Waals surface area (Å²) in [5.41, 5.74) is 0. The number of aliphatic hydroxyl groups excluding tert-OH is 1. The van der Waals surface area contributed by atoms with Crippen LogP contribution >= 0.6 is 0 Å². The molecule has 0 saturated carbocycles. The number of carbonyl (C=O) groups is 1. The third-order valence-electron chi connectivity index (χ3n) is 0.668. The maximum atomic E-state index is 10.4. The Morgan fingerprint density at radius 1 is 2.00 bits per heavy atom. The van der Waals surface area contributed by atoms with Crippen LogP contribution in [0.5, 0.6) is 0 Å². The number of aliphatic hydroxyl groups is 1. The Kier molecular flexibility index (Phi) is 3.49. The van der Waals surface area contributed by atoms with Gasteiger partial charge in [-0.3, -0.25) is 0 Å². The van der Waals surface area contributed by atoms with Crippen molar-refractivity contribution in [3.63, 3.8) is 0 Å². The highest BCUT2D eigenvalue weighted by Crippen LogP contribution is 1.84. The molecule has 1 atom stereocenters. The van der Waals surface area contributed by atoms with Crippen molar-refractivity contribution in [3.05, 3.63) is 0 Å². The molecule has 0 rings (SSSR count). The molecule has 0 aromatic carbocycles. The maximum Gasteiger partial charge on any atom is 0.347 e. The van der Waals surface area contributed by atoms with E-state index in [0.29, 0.717) is 0 Å². The van der Waals surface area contributed by atoms with Crippen molar-refractivity contribution in [1.82, 2.24) is 0 Å². The van der Waals surface area contributed by atoms with E-state index in [1.54, 1.807) is 6.92 Å². The molecular formula is C6H8O3. The smallest absolute Gasteiger partial charge is 0.347 e. The van der Waals surface area contributed by atoms with E-state index in [1.165, 1.54) is 0 Å². The normalized spacial score (nSPS) is 11.7. The Morgan fingerprint density at radius 2 is 2.56 bits per heavy atom. The Hall–Kier alpha value is -1.01. The van der Waals surface area contributed by atoms with Gasteiger partial charge in [-0.15, -0.1) is 6.42 Å². The van der Waals surface area contributed by atoms with Gasteiger partial charge in [-0.25, -0.2) is 4.79 Å². The Labute approximate surface area is 53.6 Å². The van der Waals surface area contributed by atoms with Gasteiger partial charge in [0.05, 0.1) is 6.61 Å². The number of rotatable bonds is 2. The highest BCUT2D eigenvalue weighted by atomic mass is 16.5. The molecule has 3 nitrogen and oxygen atoms in total. The predicted octanol–water partition coefficient (Wildman–Crippen LogP) is -0.456. The molecule has 50 valence electrons. The van der Waals surface area contributed by atoms with E-state index in [-0.39, 0.29) is 6.61 Å². The number of hydrogen-bond acceptors (Lipinski definition) is 3. The van der Waals surface area contributed by atoms with Crippen molar-refractivity contribution in [3.8, 4) is 12.3 Å². The molecule has 0 aromatic rings. The number of terminal acetylenes is 1. The molecule has 0 aromatic heterocycles. The number of carbonyl (C=O) groups excluding carboxylic acids is 1. The van der Waals surface area contributed by atoms with Gasteiger partial charge in [0, 0.05) is 0 Å². The van der Waals surface area contributed by atoms with Crippen LogP contribution in [0, 0.1) is 12.3 Å². The standard InChI is InChI=1S/C6H8O3/c1-3-5(7)6(8)9-4-2/h1,5,7H,4H2,2H3/t5-/m0/s1. The van der Waals surface area contributed by atoms with E-state index in [1.807, 2.05) is 5.92 Å². The molecule has 0 aliphatic heterocycles. The minimum atomic E-state index is -1.41. The van der Waals surface area contributed by atoms with Crippen LogP contribution in [0.2, 0.25) is 0 Å². The van der Waals surface area contributed by atoms with Gasteiger partial charge < -0.3 is 9.84 Å². The Morgan fingerprint density at radius 3 is 2.89 bits per heavy atom. The fourth-order valence-electron chi connectivity index (χ4n) is 0.289. The maximum absolute atomic E-state index is 10.4. The van der Waals surface area contributed by atoms with Gasteiger partial charge in [-0.2, -0.15) is 0 Å². The second-order valence-corrected chi connectivity index (χ2v) is 1.32. The lowest BCUT2D eigenvalue weighted by Gasteiger charge is -2.00. The van der Waals surface area contributed by atoms with Gasteiger partial charge in [0.2, 0.25) is 6.10 Å². The average Bonchev–Trinajstić information content (AvgIpc) is 1.87. The molecule has 0 amide bonds. The monoisotopic (exact) mass is 128 g/mol. The van der Waals surface area contributed by atoms with Gasteiger partial charge in [0.15, 0.2) is 0 Å². The molecule has 0 aliphatic rings. The molecule has 0 fully saturated rings. The second-order valence-electron chi connectivity index (χ2n) is 1.32. The first-order valence-corrected chi connectivity index (χ1v) is 2.53. The van der Waals surface area contributed by atoms with Crippen molar-refractivity contribution in [2.45, 2.75) is 13.0 Å². The fraction of sp³-hybridized carbons (Fsp3) is 0.500. The van der Waals surface area contributed by atoms with Crippen LogP contribution in [0.1, 0.15) is 6.92 Å². The van der Waals surface area contributed by atoms with E-state index >= 15 is 0 Å².